The molecule has 19 heavy (non-hydrogen) atoms. The molecule has 4 aromatic rings. The van der Waals surface area contributed by atoms with Crippen LogP contribution in [0.25, 0.3) is 27.6 Å². The van der Waals surface area contributed by atoms with Crippen LogP contribution in [0.2, 0.25) is 0 Å². The molecule has 0 unspecified atom stereocenters. The van der Waals surface area contributed by atoms with Crippen LogP contribution >= 0.6 is 0 Å². The third kappa shape index (κ3) is 1.50. The van der Waals surface area contributed by atoms with Crippen molar-refractivity contribution in [2.45, 2.75) is 0 Å². The molecule has 90 valence electrons. The van der Waals surface area contributed by atoms with E-state index in [1.54, 1.807) is 6.20 Å². The first-order valence-electron chi connectivity index (χ1n) is 6.08. The predicted molar refractivity (Wildman–Crippen MR) is 74.2 cm³/mol. The molecule has 4 rings (SSSR count). The van der Waals surface area contributed by atoms with E-state index in [4.69, 9.17) is 0 Å². The van der Waals surface area contributed by atoms with E-state index in [9.17, 15) is 0 Å². The van der Waals surface area contributed by atoms with E-state index in [0.717, 1.165) is 27.6 Å². The number of fused-ring (bicyclic) bond motifs is 2. The lowest BCUT2D eigenvalue weighted by atomic mass is 10.2. The van der Waals surface area contributed by atoms with Crippen LogP contribution in [-0.2, 0) is 0 Å². The Morgan fingerprint density at radius 1 is 0.789 bits per heavy atom. The second kappa shape index (κ2) is 3.88. The third-order valence-corrected chi connectivity index (χ3v) is 3.21. The maximum absolute atomic E-state index is 4.37. The fourth-order valence-electron chi connectivity index (χ4n) is 2.31. The predicted octanol–water partition coefficient (Wildman–Crippen LogP) is 2.97. The van der Waals surface area contributed by atoms with Crippen molar-refractivity contribution in [2.75, 3.05) is 0 Å². The van der Waals surface area contributed by atoms with Gasteiger partial charge in [-0.1, -0.05) is 35.5 Å². The van der Waals surface area contributed by atoms with Crippen molar-refractivity contribution in [1.29, 1.82) is 0 Å². The van der Waals surface area contributed by atoms with Gasteiger partial charge in [0.05, 0.1) is 16.7 Å². The molecular weight excluding hydrogens is 236 g/mol. The molecule has 0 saturated carbocycles. The Kier molecular flexibility index (Phi) is 2.08. The van der Waals surface area contributed by atoms with E-state index in [1.807, 2.05) is 59.3 Å². The minimum atomic E-state index is 0.892. The summed E-state index contributed by atoms with van der Waals surface area (Å²) in [6.07, 6.45) is 1.80. The van der Waals surface area contributed by atoms with Crippen LogP contribution in [0.15, 0.2) is 60.8 Å². The van der Waals surface area contributed by atoms with Crippen LogP contribution in [0.4, 0.5) is 0 Å². The molecule has 0 bridgehead atoms. The lowest BCUT2D eigenvalue weighted by Gasteiger charge is -2.05. The fraction of sp³-hybridized carbons (Fsp3) is 0. The quantitative estimate of drug-likeness (QED) is 0.518. The van der Waals surface area contributed by atoms with E-state index in [-0.39, 0.29) is 0 Å². The zero-order valence-electron chi connectivity index (χ0n) is 10.1. The molecule has 2 aromatic heterocycles. The monoisotopic (exact) mass is 246 g/mol. The summed E-state index contributed by atoms with van der Waals surface area (Å²) in [4.78, 5) is 4.37. The van der Waals surface area contributed by atoms with E-state index < -0.39 is 0 Å². The highest BCUT2D eigenvalue weighted by Crippen LogP contribution is 2.22. The van der Waals surface area contributed by atoms with Crippen molar-refractivity contribution < 1.29 is 0 Å². The van der Waals surface area contributed by atoms with Crippen LogP contribution in [0.3, 0.4) is 0 Å². The van der Waals surface area contributed by atoms with Gasteiger partial charge < -0.3 is 0 Å². The van der Waals surface area contributed by atoms with Crippen molar-refractivity contribution in [1.82, 2.24) is 20.0 Å². The average molecular weight is 246 g/mol. The van der Waals surface area contributed by atoms with Gasteiger partial charge in [-0.15, -0.1) is 5.10 Å². The summed E-state index contributed by atoms with van der Waals surface area (Å²) in [7, 11) is 0. The summed E-state index contributed by atoms with van der Waals surface area (Å²) >= 11 is 0. The summed E-state index contributed by atoms with van der Waals surface area (Å²) in [6.45, 7) is 0. The molecule has 0 fully saturated rings. The molecule has 0 spiro atoms. The molecular formula is C15H10N4. The molecule has 0 aliphatic heterocycles. The summed E-state index contributed by atoms with van der Waals surface area (Å²) in [5.74, 6) is 0. The highest BCUT2D eigenvalue weighted by Gasteiger charge is 2.08. The number of hydrogen-bond donors (Lipinski definition) is 0. The minimum absolute atomic E-state index is 0.892. The highest BCUT2D eigenvalue weighted by molar-refractivity contribution is 5.89. The van der Waals surface area contributed by atoms with E-state index in [1.165, 1.54) is 0 Å². The maximum atomic E-state index is 4.37. The molecule has 0 radical (unpaired) electrons. The maximum Gasteiger partial charge on any atom is 0.113 e. The van der Waals surface area contributed by atoms with Gasteiger partial charge in [-0.05, 0) is 24.3 Å². The smallest absolute Gasteiger partial charge is 0.113 e. The van der Waals surface area contributed by atoms with Crippen molar-refractivity contribution in [3.63, 3.8) is 0 Å². The number of hydrogen-bond acceptors (Lipinski definition) is 3. The molecule has 0 aliphatic carbocycles. The lowest BCUT2D eigenvalue weighted by Crippen LogP contribution is -1.98. The molecule has 4 heteroatoms. The third-order valence-electron chi connectivity index (χ3n) is 3.21. The average Bonchev–Trinajstić information content (AvgIpc) is 2.90. The number of pyridine rings is 1. The van der Waals surface area contributed by atoms with Crippen molar-refractivity contribution >= 4 is 21.9 Å². The summed E-state index contributed by atoms with van der Waals surface area (Å²) in [5.41, 5.74) is 3.85. The van der Waals surface area contributed by atoms with Crippen LogP contribution < -0.4 is 0 Å². The van der Waals surface area contributed by atoms with Crippen molar-refractivity contribution in [2.24, 2.45) is 0 Å². The van der Waals surface area contributed by atoms with Gasteiger partial charge in [0.1, 0.15) is 5.52 Å². The Morgan fingerprint density at radius 2 is 1.58 bits per heavy atom. The first-order valence-corrected chi connectivity index (χ1v) is 6.08. The Balaban J connectivity index is 2.10. The van der Waals surface area contributed by atoms with E-state index >= 15 is 0 Å². The van der Waals surface area contributed by atoms with Crippen LogP contribution in [-0.4, -0.2) is 20.0 Å². The summed E-state index contributed by atoms with van der Waals surface area (Å²) in [6, 6.07) is 17.9. The number of benzene rings is 2. The number of nitrogens with zero attached hydrogens (tertiary/aromatic N) is 4. The van der Waals surface area contributed by atoms with Gasteiger partial charge in [0.2, 0.25) is 0 Å². The van der Waals surface area contributed by atoms with Crippen LogP contribution in [0.5, 0.6) is 0 Å². The fourth-order valence-corrected chi connectivity index (χ4v) is 2.31. The zero-order chi connectivity index (χ0) is 12.7. The normalized spacial score (nSPS) is 11.2. The summed E-state index contributed by atoms with van der Waals surface area (Å²) in [5, 5.41) is 9.52. The number of aromatic nitrogens is 4. The Hall–Kier alpha value is -2.75. The van der Waals surface area contributed by atoms with Crippen LogP contribution in [0, 0.1) is 0 Å². The van der Waals surface area contributed by atoms with Crippen molar-refractivity contribution in [3.05, 3.63) is 60.8 Å². The van der Waals surface area contributed by atoms with Gasteiger partial charge in [0.15, 0.2) is 0 Å². The first kappa shape index (κ1) is 10.2. The standard InChI is InChI=1S/C15H10N4/c1-2-6-12-11(5-1)14(9-10-16-12)19-15-8-4-3-7-13(15)17-18-19/h1-10H. The second-order valence-corrected chi connectivity index (χ2v) is 4.34. The van der Waals surface area contributed by atoms with Crippen LogP contribution in [0.1, 0.15) is 0 Å². The van der Waals surface area contributed by atoms with Gasteiger partial charge in [-0.3, -0.25) is 4.98 Å². The molecule has 0 N–H and O–H groups in total. The second-order valence-electron chi connectivity index (χ2n) is 4.34. The van der Waals surface area contributed by atoms with Gasteiger partial charge >= 0.3 is 0 Å². The molecule has 2 aromatic carbocycles. The lowest BCUT2D eigenvalue weighted by molar-refractivity contribution is 0.828. The van der Waals surface area contributed by atoms with Gasteiger partial charge in [0, 0.05) is 11.6 Å². The SMILES string of the molecule is c1ccc2c(-n3nnc4ccccc43)ccnc2c1. The minimum Gasteiger partial charge on any atom is -0.256 e. The largest absolute Gasteiger partial charge is 0.256 e. The molecule has 4 nitrogen and oxygen atoms in total. The molecule has 2 heterocycles. The first-order chi connectivity index (χ1) is 9.43. The Labute approximate surface area is 109 Å². The molecule has 0 aliphatic rings. The Morgan fingerprint density at radius 3 is 2.53 bits per heavy atom. The van der Waals surface area contributed by atoms with E-state index in [2.05, 4.69) is 15.3 Å². The van der Waals surface area contributed by atoms with Gasteiger partial charge in [0.25, 0.3) is 0 Å². The van der Waals surface area contributed by atoms with Crippen molar-refractivity contribution in [3.8, 4) is 5.69 Å². The molecule has 0 atom stereocenters. The Bertz CT molecular complexity index is 874. The molecule has 0 saturated heterocycles. The van der Waals surface area contributed by atoms with Gasteiger partial charge in [-0.2, -0.15) is 0 Å². The van der Waals surface area contributed by atoms with Gasteiger partial charge in [-0.25, -0.2) is 4.68 Å². The highest BCUT2D eigenvalue weighted by atomic mass is 15.4. The summed E-state index contributed by atoms with van der Waals surface area (Å²) < 4.78 is 1.86. The number of para-hydroxylation sites is 2. The van der Waals surface area contributed by atoms with E-state index in [0.29, 0.717) is 0 Å². The molecule has 0 amide bonds. The zero-order valence-corrected chi connectivity index (χ0v) is 10.1. The number of rotatable bonds is 1. The topological polar surface area (TPSA) is 43.6 Å².